The van der Waals surface area contributed by atoms with Crippen molar-refractivity contribution in [3.8, 4) is 5.75 Å². The summed E-state index contributed by atoms with van der Waals surface area (Å²) in [4.78, 5) is 11.6. The van der Waals surface area contributed by atoms with Crippen molar-refractivity contribution in [3.05, 3.63) is 29.8 Å². The molecule has 0 aliphatic rings. The standard InChI is InChI=1S/C17H29NO9P2/c1-5-23-28(21,24-6-2)18-16(17(19)20)13-14-9-11-15(12-10-14)27-29(22,25-7-3)26-8-4/h9-12,16H,5-8,13H2,1-4H3,(H,18,21)(H,19,20)/t16-/m0/s1. The summed E-state index contributed by atoms with van der Waals surface area (Å²) in [5.41, 5.74) is 0.611. The number of rotatable bonds is 15. The van der Waals surface area contributed by atoms with E-state index in [1.165, 1.54) is 12.1 Å². The van der Waals surface area contributed by atoms with Crippen LogP contribution in [-0.2, 0) is 38.4 Å². The molecule has 0 amide bonds. The lowest BCUT2D eigenvalue weighted by atomic mass is 10.1. The average molecular weight is 453 g/mol. The highest BCUT2D eigenvalue weighted by atomic mass is 31.2. The van der Waals surface area contributed by atoms with Crippen LogP contribution in [-0.4, -0.2) is 43.5 Å². The van der Waals surface area contributed by atoms with Gasteiger partial charge in [-0.1, -0.05) is 12.1 Å². The van der Waals surface area contributed by atoms with Gasteiger partial charge in [-0.3, -0.25) is 22.9 Å². The topological polar surface area (TPSA) is 130 Å². The van der Waals surface area contributed by atoms with Gasteiger partial charge in [0.05, 0.1) is 26.4 Å². The van der Waals surface area contributed by atoms with E-state index in [9.17, 15) is 19.0 Å². The fourth-order valence-corrected chi connectivity index (χ4v) is 4.97. The van der Waals surface area contributed by atoms with Crippen LogP contribution in [0.4, 0.5) is 0 Å². The molecule has 1 aromatic carbocycles. The quantitative estimate of drug-likeness (QED) is 0.376. The maximum atomic E-state index is 12.6. The number of carboxylic acid groups (broad SMARTS) is 1. The van der Waals surface area contributed by atoms with Gasteiger partial charge in [-0.15, -0.1) is 0 Å². The van der Waals surface area contributed by atoms with Gasteiger partial charge in [-0.05, 0) is 51.8 Å². The molecule has 0 saturated heterocycles. The minimum absolute atomic E-state index is 0.00827. The second-order valence-corrected chi connectivity index (χ2v) is 8.94. The summed E-state index contributed by atoms with van der Waals surface area (Å²) in [6, 6.07) is 5.03. The number of phosphoric acid groups is 1. The molecule has 2 N–H and O–H groups in total. The Morgan fingerprint density at radius 3 is 1.83 bits per heavy atom. The van der Waals surface area contributed by atoms with Gasteiger partial charge >= 0.3 is 21.5 Å². The number of aliphatic carboxylic acids is 1. The second kappa shape index (κ2) is 12.4. The average Bonchev–Trinajstić information content (AvgIpc) is 2.63. The molecule has 0 unspecified atom stereocenters. The zero-order chi connectivity index (χ0) is 21.9. The Kier molecular flexibility index (Phi) is 11.1. The number of benzene rings is 1. The van der Waals surface area contributed by atoms with E-state index in [1.807, 2.05) is 0 Å². The zero-order valence-corrected chi connectivity index (χ0v) is 18.8. The molecule has 10 nitrogen and oxygen atoms in total. The Labute approximate surface area is 171 Å². The lowest BCUT2D eigenvalue weighted by Gasteiger charge is -2.22. The van der Waals surface area contributed by atoms with E-state index in [0.717, 1.165) is 0 Å². The van der Waals surface area contributed by atoms with E-state index in [1.54, 1.807) is 39.8 Å². The first kappa shape index (κ1) is 25.8. The number of phosphoric ester groups is 1. The van der Waals surface area contributed by atoms with Gasteiger partial charge in [0.1, 0.15) is 11.8 Å². The van der Waals surface area contributed by atoms with Crippen LogP contribution in [0.2, 0.25) is 0 Å². The monoisotopic (exact) mass is 453 g/mol. The highest BCUT2D eigenvalue weighted by Crippen LogP contribution is 2.49. The maximum absolute atomic E-state index is 12.6. The van der Waals surface area contributed by atoms with Crippen LogP contribution in [0.25, 0.3) is 0 Å². The molecule has 1 atom stereocenters. The Hall–Kier alpha value is -1.25. The third-order valence-corrected chi connectivity index (χ3v) is 6.77. The first-order valence-electron chi connectivity index (χ1n) is 9.28. The van der Waals surface area contributed by atoms with E-state index in [2.05, 4.69) is 5.09 Å². The van der Waals surface area contributed by atoms with Crippen LogP contribution < -0.4 is 9.61 Å². The number of carboxylic acids is 1. The molecule has 0 saturated carbocycles. The Morgan fingerprint density at radius 2 is 1.41 bits per heavy atom. The van der Waals surface area contributed by atoms with Gasteiger partial charge in [0.25, 0.3) is 0 Å². The van der Waals surface area contributed by atoms with Crippen LogP contribution in [0.1, 0.15) is 33.3 Å². The van der Waals surface area contributed by atoms with Gasteiger partial charge < -0.3 is 9.63 Å². The van der Waals surface area contributed by atoms with Crippen molar-refractivity contribution in [1.82, 2.24) is 5.09 Å². The minimum atomic E-state index is -3.74. The first-order chi connectivity index (χ1) is 13.7. The molecule has 0 heterocycles. The molecular formula is C17H29NO9P2. The summed E-state index contributed by atoms with van der Waals surface area (Å²) in [6.07, 6.45) is 0.00827. The SMILES string of the molecule is CCOP(=O)(N[C@@H](Cc1ccc(OP(=O)(OCC)OCC)cc1)C(=O)O)OCC. The molecule has 0 fully saturated rings. The maximum Gasteiger partial charge on any atom is 0.530 e. The molecule has 0 aliphatic heterocycles. The molecular weight excluding hydrogens is 424 g/mol. The van der Waals surface area contributed by atoms with Gasteiger partial charge in [0, 0.05) is 0 Å². The van der Waals surface area contributed by atoms with Gasteiger partial charge in [0.2, 0.25) is 0 Å². The Balaban J connectivity index is 2.88. The highest BCUT2D eigenvalue weighted by molar-refractivity contribution is 7.51. The molecule has 1 rings (SSSR count). The number of nitrogens with one attached hydrogen (secondary N) is 1. The first-order valence-corrected chi connectivity index (χ1v) is 12.3. The predicted molar refractivity (Wildman–Crippen MR) is 107 cm³/mol. The smallest absolute Gasteiger partial charge is 0.480 e. The minimum Gasteiger partial charge on any atom is -0.480 e. The van der Waals surface area contributed by atoms with Crippen molar-refractivity contribution in [2.45, 2.75) is 40.2 Å². The summed E-state index contributed by atoms with van der Waals surface area (Å²) in [6.45, 7) is 7.10. The molecule has 12 heteroatoms. The zero-order valence-electron chi connectivity index (χ0n) is 17.0. The normalized spacial score (nSPS) is 13.2. The van der Waals surface area contributed by atoms with Crippen molar-refractivity contribution < 1.29 is 41.6 Å². The number of hydrogen-bond donors (Lipinski definition) is 2. The van der Waals surface area contributed by atoms with Gasteiger partial charge in [-0.2, -0.15) is 0 Å². The molecule has 0 spiro atoms. The fourth-order valence-electron chi connectivity index (χ4n) is 2.29. The molecule has 166 valence electrons. The van der Waals surface area contributed by atoms with Crippen molar-refractivity contribution in [3.63, 3.8) is 0 Å². The predicted octanol–water partition coefficient (Wildman–Crippen LogP) is 4.01. The Morgan fingerprint density at radius 1 is 0.931 bits per heavy atom. The van der Waals surface area contributed by atoms with Crippen molar-refractivity contribution in [2.24, 2.45) is 0 Å². The lowest BCUT2D eigenvalue weighted by Crippen LogP contribution is -2.37. The second-order valence-electron chi connectivity index (χ2n) is 5.58. The van der Waals surface area contributed by atoms with E-state index in [-0.39, 0.29) is 38.6 Å². The fraction of sp³-hybridized carbons (Fsp3) is 0.588. The van der Waals surface area contributed by atoms with Gasteiger partial charge in [-0.25, -0.2) is 14.2 Å². The largest absolute Gasteiger partial charge is 0.530 e. The summed E-state index contributed by atoms with van der Waals surface area (Å²) >= 11 is 0. The molecule has 0 bridgehead atoms. The van der Waals surface area contributed by atoms with E-state index < -0.39 is 27.6 Å². The number of hydrogen-bond acceptors (Lipinski definition) is 8. The molecule has 0 radical (unpaired) electrons. The van der Waals surface area contributed by atoms with Gasteiger partial charge in [0.15, 0.2) is 0 Å². The van der Waals surface area contributed by atoms with Crippen molar-refractivity contribution in [2.75, 3.05) is 26.4 Å². The van der Waals surface area contributed by atoms with Crippen LogP contribution in [0, 0.1) is 0 Å². The Bertz CT molecular complexity index is 706. The third-order valence-electron chi connectivity index (χ3n) is 3.36. The summed E-state index contributed by atoms with van der Waals surface area (Å²) in [7, 11) is -7.46. The molecule has 0 aliphatic carbocycles. The van der Waals surface area contributed by atoms with E-state index in [0.29, 0.717) is 5.56 Å². The van der Waals surface area contributed by atoms with E-state index >= 15 is 0 Å². The van der Waals surface area contributed by atoms with Crippen LogP contribution in [0.3, 0.4) is 0 Å². The van der Waals surface area contributed by atoms with Crippen LogP contribution >= 0.6 is 15.6 Å². The molecule has 1 aromatic rings. The van der Waals surface area contributed by atoms with Crippen molar-refractivity contribution >= 4 is 21.5 Å². The van der Waals surface area contributed by atoms with Crippen molar-refractivity contribution in [1.29, 1.82) is 0 Å². The van der Waals surface area contributed by atoms with Crippen LogP contribution in [0.5, 0.6) is 5.75 Å². The molecule has 0 aromatic heterocycles. The van der Waals surface area contributed by atoms with E-state index in [4.69, 9.17) is 22.6 Å². The number of carbonyl (C=O) groups is 1. The highest BCUT2D eigenvalue weighted by Gasteiger charge is 2.32. The molecule has 29 heavy (non-hydrogen) atoms. The summed E-state index contributed by atoms with van der Waals surface area (Å²) in [5.74, 6) is -0.963. The lowest BCUT2D eigenvalue weighted by molar-refractivity contribution is -0.139. The summed E-state index contributed by atoms with van der Waals surface area (Å²) < 4.78 is 50.6. The van der Waals surface area contributed by atoms with Crippen LogP contribution in [0.15, 0.2) is 24.3 Å². The summed E-state index contributed by atoms with van der Waals surface area (Å²) in [5, 5.41) is 11.9. The third kappa shape index (κ3) is 8.97.